The number of imidazole rings is 2. The zero-order valence-electron chi connectivity index (χ0n) is 24.9. The van der Waals surface area contributed by atoms with Gasteiger partial charge in [0, 0.05) is 6.54 Å². The van der Waals surface area contributed by atoms with E-state index in [4.69, 9.17) is 9.72 Å². The summed E-state index contributed by atoms with van der Waals surface area (Å²) in [5.74, 6) is 0.569. The zero-order chi connectivity index (χ0) is 30.4. The third-order valence-electron chi connectivity index (χ3n) is 8.67. The number of likely N-dealkylation sites (tertiary alicyclic amines) is 1. The number of benzene rings is 4. The van der Waals surface area contributed by atoms with Gasteiger partial charge in [0.1, 0.15) is 11.9 Å². The molecule has 2 aromatic heterocycles. The molecule has 44 heavy (non-hydrogen) atoms. The summed E-state index contributed by atoms with van der Waals surface area (Å²) in [6.07, 6.45) is 2.80. The summed E-state index contributed by atoms with van der Waals surface area (Å²) in [4.78, 5) is 43.2. The van der Waals surface area contributed by atoms with Gasteiger partial charge in [0.2, 0.25) is 5.91 Å². The number of amides is 2. The standard InChI is InChI=1S/C35H34N6O3/c1-20(2)32(40-35(43)44-3)34(42)41-14-4-5-31(41)33-38-28-13-11-26(18-30(28)39-33)24-9-7-21-15-23(8-6-22(21)16-24)25-10-12-27-29(17-25)37-19-36-27/h6-13,15-20,31-32H,4-5,14H2,1-3H3,(H,36,37)(H,38,39)(H,40,43). The van der Waals surface area contributed by atoms with Crippen LogP contribution in [0.3, 0.4) is 0 Å². The number of rotatable bonds is 6. The van der Waals surface area contributed by atoms with Crippen molar-refractivity contribution in [3.05, 3.63) is 84.9 Å². The Labute approximate surface area is 254 Å². The first-order valence-corrected chi connectivity index (χ1v) is 15.0. The van der Waals surface area contributed by atoms with Crippen LogP contribution in [0.5, 0.6) is 0 Å². The van der Waals surface area contributed by atoms with E-state index in [1.807, 2.05) is 30.9 Å². The number of H-pyrrole nitrogens is 2. The summed E-state index contributed by atoms with van der Waals surface area (Å²) in [5, 5.41) is 5.05. The van der Waals surface area contributed by atoms with Crippen LogP contribution in [0.1, 0.15) is 38.6 Å². The van der Waals surface area contributed by atoms with Crippen molar-refractivity contribution in [3.63, 3.8) is 0 Å². The second-order valence-electron chi connectivity index (χ2n) is 11.8. The highest BCUT2D eigenvalue weighted by molar-refractivity contribution is 5.93. The number of carbonyl (C=O) groups is 2. The molecule has 3 heterocycles. The normalized spacial score (nSPS) is 15.8. The van der Waals surface area contributed by atoms with Gasteiger partial charge in [-0.1, -0.05) is 50.2 Å². The molecule has 2 amide bonds. The van der Waals surface area contributed by atoms with E-state index in [-0.39, 0.29) is 17.9 Å². The number of ether oxygens (including phenoxy) is 1. The van der Waals surface area contributed by atoms with Crippen molar-refractivity contribution < 1.29 is 14.3 Å². The minimum absolute atomic E-state index is 0.0824. The number of fused-ring (bicyclic) bond motifs is 3. The number of carbonyl (C=O) groups excluding carboxylic acids is 2. The molecule has 1 aliphatic rings. The Morgan fingerprint density at radius 2 is 1.52 bits per heavy atom. The molecule has 1 fully saturated rings. The van der Waals surface area contributed by atoms with Gasteiger partial charge in [0.05, 0.1) is 41.5 Å². The topological polar surface area (TPSA) is 116 Å². The number of aromatic amines is 2. The van der Waals surface area contributed by atoms with Crippen LogP contribution in [0.25, 0.3) is 55.1 Å². The van der Waals surface area contributed by atoms with Gasteiger partial charge in [-0.3, -0.25) is 4.79 Å². The second-order valence-corrected chi connectivity index (χ2v) is 11.8. The van der Waals surface area contributed by atoms with E-state index in [0.29, 0.717) is 6.54 Å². The summed E-state index contributed by atoms with van der Waals surface area (Å²) in [6.45, 7) is 4.45. The summed E-state index contributed by atoms with van der Waals surface area (Å²) < 4.78 is 4.76. The van der Waals surface area contributed by atoms with Crippen LogP contribution in [-0.2, 0) is 9.53 Å². The molecule has 7 rings (SSSR count). The molecule has 0 radical (unpaired) electrons. The summed E-state index contributed by atoms with van der Waals surface area (Å²) >= 11 is 0. The van der Waals surface area contributed by atoms with E-state index < -0.39 is 12.1 Å². The molecule has 222 valence electrons. The van der Waals surface area contributed by atoms with Crippen LogP contribution < -0.4 is 5.32 Å². The lowest BCUT2D eigenvalue weighted by molar-refractivity contribution is -0.135. The molecule has 0 saturated carbocycles. The van der Waals surface area contributed by atoms with Crippen molar-refractivity contribution in [1.29, 1.82) is 0 Å². The van der Waals surface area contributed by atoms with Crippen LogP contribution in [0, 0.1) is 5.92 Å². The Hall–Kier alpha value is -5.18. The molecular weight excluding hydrogens is 552 g/mol. The Balaban J connectivity index is 1.14. The molecule has 0 spiro atoms. The smallest absolute Gasteiger partial charge is 0.407 e. The van der Waals surface area contributed by atoms with Gasteiger partial charge in [0.15, 0.2) is 0 Å². The van der Waals surface area contributed by atoms with Crippen LogP contribution >= 0.6 is 0 Å². The highest BCUT2D eigenvalue weighted by Gasteiger charge is 2.37. The number of nitrogens with zero attached hydrogens (tertiary/aromatic N) is 3. The molecule has 9 nitrogen and oxygen atoms in total. The highest BCUT2D eigenvalue weighted by Crippen LogP contribution is 2.34. The van der Waals surface area contributed by atoms with Gasteiger partial charge < -0.3 is 24.9 Å². The lowest BCUT2D eigenvalue weighted by Gasteiger charge is -2.29. The van der Waals surface area contributed by atoms with Crippen molar-refractivity contribution >= 4 is 44.8 Å². The fraction of sp³-hybridized carbons (Fsp3) is 0.257. The largest absolute Gasteiger partial charge is 0.453 e. The minimum atomic E-state index is -0.664. The maximum Gasteiger partial charge on any atom is 0.407 e. The summed E-state index contributed by atoms with van der Waals surface area (Å²) in [6, 6.07) is 24.8. The van der Waals surface area contributed by atoms with Gasteiger partial charge >= 0.3 is 6.09 Å². The Bertz CT molecular complexity index is 2030. The van der Waals surface area contributed by atoms with E-state index in [2.05, 4.69) is 80.9 Å². The SMILES string of the molecule is COC(=O)NC(C(=O)N1CCCC1c1nc2ccc(-c3ccc4cc(-c5ccc6nc[nH]c6c5)ccc4c3)cc2[nH]1)C(C)C. The molecular formula is C35H34N6O3. The third-order valence-corrected chi connectivity index (χ3v) is 8.67. The van der Waals surface area contributed by atoms with E-state index in [9.17, 15) is 9.59 Å². The third kappa shape index (κ3) is 5.04. The number of aromatic nitrogens is 4. The number of methoxy groups -OCH3 is 1. The lowest BCUT2D eigenvalue weighted by Crippen LogP contribution is -2.51. The monoisotopic (exact) mass is 586 g/mol. The molecule has 9 heteroatoms. The highest BCUT2D eigenvalue weighted by atomic mass is 16.5. The van der Waals surface area contributed by atoms with E-state index in [1.54, 1.807) is 6.33 Å². The predicted molar refractivity (Wildman–Crippen MR) is 172 cm³/mol. The van der Waals surface area contributed by atoms with Crippen molar-refractivity contribution in [3.8, 4) is 22.3 Å². The average molecular weight is 587 g/mol. The van der Waals surface area contributed by atoms with Crippen molar-refractivity contribution in [2.75, 3.05) is 13.7 Å². The van der Waals surface area contributed by atoms with Crippen LogP contribution in [0.4, 0.5) is 4.79 Å². The van der Waals surface area contributed by atoms with Crippen molar-refractivity contribution in [2.45, 2.75) is 38.8 Å². The molecule has 0 aliphatic carbocycles. The Kier molecular flexibility index (Phi) is 7.00. The molecule has 0 bridgehead atoms. The van der Waals surface area contributed by atoms with E-state index >= 15 is 0 Å². The van der Waals surface area contributed by atoms with Gasteiger partial charge in [-0.25, -0.2) is 14.8 Å². The fourth-order valence-corrected chi connectivity index (χ4v) is 6.28. The molecule has 6 aromatic rings. The van der Waals surface area contributed by atoms with Gasteiger partial charge in [0.25, 0.3) is 0 Å². The quantitative estimate of drug-likeness (QED) is 0.195. The molecule has 4 aromatic carbocycles. The predicted octanol–water partition coefficient (Wildman–Crippen LogP) is 6.97. The second kappa shape index (κ2) is 11.1. The number of hydrogen-bond acceptors (Lipinski definition) is 5. The van der Waals surface area contributed by atoms with E-state index in [0.717, 1.165) is 63.0 Å². The maximum absolute atomic E-state index is 13.5. The first-order chi connectivity index (χ1) is 21.4. The number of hydrogen-bond donors (Lipinski definition) is 3. The first-order valence-electron chi connectivity index (χ1n) is 15.0. The Morgan fingerprint density at radius 1 is 0.886 bits per heavy atom. The fourth-order valence-electron chi connectivity index (χ4n) is 6.28. The van der Waals surface area contributed by atoms with Crippen molar-refractivity contribution in [2.24, 2.45) is 5.92 Å². The van der Waals surface area contributed by atoms with Crippen LogP contribution in [-0.4, -0.2) is 56.5 Å². The zero-order valence-corrected chi connectivity index (χ0v) is 24.9. The average Bonchev–Trinajstić information content (AvgIpc) is 3.81. The first kappa shape index (κ1) is 27.6. The summed E-state index contributed by atoms with van der Waals surface area (Å²) in [5.41, 5.74) is 8.28. The number of alkyl carbamates (subject to hydrolysis) is 1. The molecule has 2 unspecified atom stereocenters. The maximum atomic E-state index is 13.5. The van der Waals surface area contributed by atoms with Crippen molar-refractivity contribution in [1.82, 2.24) is 30.2 Å². The van der Waals surface area contributed by atoms with Crippen LogP contribution in [0.2, 0.25) is 0 Å². The molecule has 1 aliphatic heterocycles. The van der Waals surface area contributed by atoms with Gasteiger partial charge in [-0.15, -0.1) is 0 Å². The molecule has 1 saturated heterocycles. The van der Waals surface area contributed by atoms with Crippen LogP contribution in [0.15, 0.2) is 79.1 Å². The van der Waals surface area contributed by atoms with Gasteiger partial charge in [-0.05, 0) is 88.2 Å². The minimum Gasteiger partial charge on any atom is -0.453 e. The lowest BCUT2D eigenvalue weighted by atomic mass is 9.97. The number of nitrogens with one attached hydrogen (secondary N) is 3. The summed E-state index contributed by atoms with van der Waals surface area (Å²) in [7, 11) is 1.30. The Morgan fingerprint density at radius 3 is 2.20 bits per heavy atom. The van der Waals surface area contributed by atoms with E-state index in [1.165, 1.54) is 17.9 Å². The molecule has 3 N–H and O–H groups in total. The molecule has 2 atom stereocenters. The van der Waals surface area contributed by atoms with Gasteiger partial charge in [-0.2, -0.15) is 0 Å².